The summed E-state index contributed by atoms with van der Waals surface area (Å²) in [5.74, 6) is -2.70. The highest BCUT2D eigenvalue weighted by Crippen LogP contribution is 2.62. The van der Waals surface area contributed by atoms with Crippen molar-refractivity contribution in [1.82, 2.24) is 0 Å². The fourth-order valence-electron chi connectivity index (χ4n) is 2.14. The van der Waals surface area contributed by atoms with Crippen molar-refractivity contribution in [1.29, 1.82) is 0 Å². The molecule has 98 valence electrons. The maximum atomic E-state index is 13.5. The minimum atomic E-state index is -3.00. The zero-order valence-corrected chi connectivity index (χ0v) is 9.65. The maximum absolute atomic E-state index is 13.5. The van der Waals surface area contributed by atoms with Gasteiger partial charge in [-0.2, -0.15) is 0 Å². The zero-order valence-electron chi connectivity index (χ0n) is 9.65. The Morgan fingerprint density at radius 2 is 2.17 bits per heavy atom. The first kappa shape index (κ1) is 12.7. The lowest BCUT2D eigenvalue weighted by molar-refractivity contribution is -0.386. The fraction of sp³-hybridized carbons (Fsp3) is 0.455. The van der Waals surface area contributed by atoms with Crippen molar-refractivity contribution < 1.29 is 18.4 Å². The summed E-state index contributed by atoms with van der Waals surface area (Å²) in [6.07, 6.45) is -0.468. The summed E-state index contributed by atoms with van der Waals surface area (Å²) >= 11 is 0. The second-order valence-electron chi connectivity index (χ2n) is 4.31. The van der Waals surface area contributed by atoms with Gasteiger partial charge in [0, 0.05) is 24.6 Å². The number of benzene rings is 1. The van der Waals surface area contributed by atoms with Crippen LogP contribution in [0.3, 0.4) is 0 Å². The van der Waals surface area contributed by atoms with Crippen LogP contribution in [0.15, 0.2) is 18.2 Å². The number of ether oxygens (including phenoxy) is 1. The van der Waals surface area contributed by atoms with Crippen molar-refractivity contribution >= 4 is 5.69 Å². The molecule has 1 aliphatic carbocycles. The van der Waals surface area contributed by atoms with Gasteiger partial charge in [0.15, 0.2) is 0 Å². The Balaban J connectivity index is 2.58. The Kier molecular flexibility index (Phi) is 2.73. The van der Waals surface area contributed by atoms with E-state index in [4.69, 9.17) is 10.5 Å². The molecule has 2 rings (SSSR count). The molecule has 0 aliphatic heterocycles. The molecule has 0 bridgehead atoms. The summed E-state index contributed by atoms with van der Waals surface area (Å²) in [5, 5.41) is 10.9. The van der Waals surface area contributed by atoms with Gasteiger partial charge in [0.05, 0.1) is 17.4 Å². The first-order chi connectivity index (χ1) is 8.38. The maximum Gasteiger partial charge on any atom is 0.273 e. The third-order valence-corrected chi connectivity index (χ3v) is 3.36. The molecule has 7 heteroatoms. The summed E-state index contributed by atoms with van der Waals surface area (Å²) in [4.78, 5) is 10.2. The highest BCUT2D eigenvalue weighted by Gasteiger charge is 2.72. The highest BCUT2D eigenvalue weighted by molar-refractivity contribution is 5.54. The number of halogens is 2. The van der Waals surface area contributed by atoms with Crippen LogP contribution in [0.4, 0.5) is 14.5 Å². The molecule has 0 spiro atoms. The van der Waals surface area contributed by atoms with E-state index in [2.05, 4.69) is 0 Å². The lowest BCUT2D eigenvalue weighted by atomic mass is 9.93. The fourth-order valence-corrected chi connectivity index (χ4v) is 2.14. The molecule has 0 aromatic heterocycles. The number of nitrogens with zero attached hydrogens (tertiary/aromatic N) is 1. The Bertz CT molecular complexity index is 507. The van der Waals surface area contributed by atoms with E-state index in [-0.39, 0.29) is 17.8 Å². The number of nitro groups is 1. The van der Waals surface area contributed by atoms with Crippen LogP contribution in [-0.4, -0.2) is 24.5 Å². The third-order valence-electron chi connectivity index (χ3n) is 3.36. The minimum absolute atomic E-state index is 0.0562. The monoisotopic (exact) mass is 258 g/mol. The van der Waals surface area contributed by atoms with Crippen LogP contribution >= 0.6 is 0 Å². The number of hydrogen-bond acceptors (Lipinski definition) is 4. The number of rotatable bonds is 4. The topological polar surface area (TPSA) is 78.4 Å². The van der Waals surface area contributed by atoms with Crippen LogP contribution in [-0.2, 0) is 5.41 Å². The first-order valence-corrected chi connectivity index (χ1v) is 5.29. The Morgan fingerprint density at radius 3 is 2.56 bits per heavy atom. The largest absolute Gasteiger partial charge is 0.497 e. The van der Waals surface area contributed by atoms with Gasteiger partial charge in [0.25, 0.3) is 11.6 Å². The molecular weight excluding hydrogens is 246 g/mol. The number of nitro benzene ring substituents is 1. The van der Waals surface area contributed by atoms with Gasteiger partial charge in [0.2, 0.25) is 0 Å². The Morgan fingerprint density at radius 1 is 1.56 bits per heavy atom. The molecule has 1 aromatic rings. The number of hydrogen-bond donors (Lipinski definition) is 1. The molecule has 1 fully saturated rings. The molecule has 18 heavy (non-hydrogen) atoms. The smallest absolute Gasteiger partial charge is 0.273 e. The normalized spacial score (nSPS) is 24.7. The molecule has 0 radical (unpaired) electrons. The van der Waals surface area contributed by atoms with Crippen molar-refractivity contribution in [2.24, 2.45) is 5.73 Å². The van der Waals surface area contributed by atoms with E-state index < -0.39 is 22.7 Å². The Labute approximate surface area is 102 Å². The molecule has 5 nitrogen and oxygen atoms in total. The summed E-state index contributed by atoms with van der Waals surface area (Å²) < 4.78 is 31.9. The quantitative estimate of drug-likeness (QED) is 0.660. The van der Waals surface area contributed by atoms with E-state index in [9.17, 15) is 18.9 Å². The second-order valence-corrected chi connectivity index (χ2v) is 4.31. The van der Waals surface area contributed by atoms with Crippen LogP contribution in [0.25, 0.3) is 0 Å². The Hall–Kier alpha value is -1.76. The number of alkyl halides is 2. The zero-order chi connectivity index (χ0) is 13.6. The summed E-state index contributed by atoms with van der Waals surface area (Å²) in [5.41, 5.74) is 3.35. The average molecular weight is 258 g/mol. The summed E-state index contributed by atoms with van der Waals surface area (Å²) in [7, 11) is 1.37. The standard InChI is InChI=1S/C11H12F2N2O3/c1-18-7-2-3-9(15(16)17)8(4-7)10(6-14)5-11(10,12)13/h2-4H,5-6,14H2,1H3. The van der Waals surface area contributed by atoms with Crippen LogP contribution in [0.2, 0.25) is 0 Å². The van der Waals surface area contributed by atoms with E-state index in [0.717, 1.165) is 0 Å². The van der Waals surface area contributed by atoms with Crippen molar-refractivity contribution in [3.05, 3.63) is 33.9 Å². The van der Waals surface area contributed by atoms with Crippen molar-refractivity contribution in [2.45, 2.75) is 17.8 Å². The summed E-state index contributed by atoms with van der Waals surface area (Å²) in [6.45, 7) is -0.339. The molecule has 1 saturated carbocycles. The first-order valence-electron chi connectivity index (χ1n) is 5.29. The van der Waals surface area contributed by atoms with Crippen LogP contribution in [0.1, 0.15) is 12.0 Å². The van der Waals surface area contributed by atoms with E-state index in [1.807, 2.05) is 0 Å². The van der Waals surface area contributed by atoms with E-state index in [1.54, 1.807) is 0 Å². The number of methoxy groups -OCH3 is 1. The predicted octanol–water partition coefficient (Wildman–Crippen LogP) is 1.84. The molecular formula is C11H12F2N2O3. The van der Waals surface area contributed by atoms with Gasteiger partial charge in [-0.1, -0.05) is 0 Å². The molecule has 2 N–H and O–H groups in total. The van der Waals surface area contributed by atoms with Crippen LogP contribution in [0.5, 0.6) is 5.75 Å². The van der Waals surface area contributed by atoms with Crippen LogP contribution in [0, 0.1) is 10.1 Å². The van der Waals surface area contributed by atoms with E-state index >= 15 is 0 Å². The van der Waals surface area contributed by atoms with Gasteiger partial charge >= 0.3 is 0 Å². The lowest BCUT2D eigenvalue weighted by Gasteiger charge is -2.15. The van der Waals surface area contributed by atoms with E-state index in [0.29, 0.717) is 5.75 Å². The van der Waals surface area contributed by atoms with Crippen molar-refractivity contribution in [3.63, 3.8) is 0 Å². The van der Waals surface area contributed by atoms with Crippen LogP contribution < -0.4 is 10.5 Å². The summed E-state index contributed by atoms with van der Waals surface area (Å²) in [6, 6.07) is 3.80. The van der Waals surface area contributed by atoms with Gasteiger partial charge in [-0.25, -0.2) is 8.78 Å². The molecule has 0 heterocycles. The van der Waals surface area contributed by atoms with Gasteiger partial charge in [-0.05, 0) is 12.1 Å². The highest BCUT2D eigenvalue weighted by atomic mass is 19.3. The van der Waals surface area contributed by atoms with Crippen molar-refractivity contribution in [2.75, 3.05) is 13.7 Å². The van der Waals surface area contributed by atoms with Gasteiger partial charge in [-0.3, -0.25) is 10.1 Å². The molecule has 1 aliphatic rings. The molecule has 1 unspecified atom stereocenters. The van der Waals surface area contributed by atoms with Gasteiger partial charge < -0.3 is 10.5 Å². The minimum Gasteiger partial charge on any atom is -0.497 e. The molecule has 1 atom stereocenters. The van der Waals surface area contributed by atoms with Gasteiger partial charge in [0.1, 0.15) is 5.75 Å². The van der Waals surface area contributed by atoms with Gasteiger partial charge in [-0.15, -0.1) is 0 Å². The SMILES string of the molecule is COc1ccc([N+](=O)[O-])c(C2(CN)CC2(F)F)c1. The van der Waals surface area contributed by atoms with E-state index in [1.165, 1.54) is 25.3 Å². The molecule has 1 aromatic carbocycles. The second kappa shape index (κ2) is 3.88. The predicted molar refractivity (Wildman–Crippen MR) is 59.9 cm³/mol. The average Bonchev–Trinajstić information content (AvgIpc) is 2.92. The number of nitrogens with two attached hydrogens (primary N) is 1. The molecule has 0 saturated heterocycles. The van der Waals surface area contributed by atoms with Crippen molar-refractivity contribution in [3.8, 4) is 5.75 Å². The third kappa shape index (κ3) is 1.62. The lowest BCUT2D eigenvalue weighted by Crippen LogP contribution is -2.27. The molecule has 0 amide bonds.